The SMILES string of the molecule is O=C(Cn1cnc2ccccc2c1=O)N=Nc1c(O)[nH]c2ccc(Br)cc12. The van der Waals surface area contributed by atoms with Gasteiger partial charge in [0.1, 0.15) is 6.54 Å². The number of benzene rings is 2. The van der Waals surface area contributed by atoms with Gasteiger partial charge < -0.3 is 10.1 Å². The molecule has 8 nitrogen and oxygen atoms in total. The zero-order chi connectivity index (χ0) is 19.0. The lowest BCUT2D eigenvalue weighted by Gasteiger charge is -2.03. The summed E-state index contributed by atoms with van der Waals surface area (Å²) in [6.45, 7) is -0.299. The molecule has 4 rings (SSSR count). The van der Waals surface area contributed by atoms with E-state index in [1.807, 2.05) is 6.07 Å². The Kier molecular flexibility index (Phi) is 4.28. The van der Waals surface area contributed by atoms with Crippen molar-refractivity contribution in [1.82, 2.24) is 14.5 Å². The van der Waals surface area contributed by atoms with E-state index in [1.165, 1.54) is 10.9 Å². The summed E-state index contributed by atoms with van der Waals surface area (Å²) in [4.78, 5) is 31.5. The van der Waals surface area contributed by atoms with Crippen LogP contribution in [0.4, 0.5) is 5.69 Å². The molecule has 0 saturated carbocycles. The van der Waals surface area contributed by atoms with E-state index < -0.39 is 5.91 Å². The molecule has 2 heterocycles. The van der Waals surface area contributed by atoms with E-state index >= 15 is 0 Å². The Morgan fingerprint density at radius 1 is 1.22 bits per heavy atom. The first-order valence-electron chi connectivity index (χ1n) is 7.92. The first-order valence-corrected chi connectivity index (χ1v) is 8.71. The maximum atomic E-state index is 12.4. The van der Waals surface area contributed by atoms with E-state index in [0.29, 0.717) is 21.8 Å². The average Bonchev–Trinajstić information content (AvgIpc) is 2.97. The molecule has 0 spiro atoms. The van der Waals surface area contributed by atoms with Gasteiger partial charge in [0, 0.05) is 9.86 Å². The number of nitrogens with one attached hydrogen (secondary N) is 1. The summed E-state index contributed by atoms with van der Waals surface area (Å²) in [5.41, 5.74) is 1.04. The number of hydrogen-bond acceptors (Lipinski definition) is 5. The standard InChI is InChI=1S/C18H12BrN5O3/c19-10-5-6-14-12(7-10)16(17(26)21-14)23-22-15(25)8-24-9-20-13-4-2-1-3-11(13)18(24)27/h1-7,9,21,26H,8H2. The van der Waals surface area contributed by atoms with Crippen LogP contribution in [0.15, 0.2) is 68.3 Å². The molecular weight excluding hydrogens is 414 g/mol. The molecular formula is C18H12BrN5O3. The molecule has 0 unspecified atom stereocenters. The fourth-order valence-electron chi connectivity index (χ4n) is 2.74. The van der Waals surface area contributed by atoms with Crippen molar-refractivity contribution >= 4 is 49.3 Å². The van der Waals surface area contributed by atoms with Crippen molar-refractivity contribution in [2.24, 2.45) is 10.2 Å². The molecule has 2 aromatic heterocycles. The maximum Gasteiger partial charge on any atom is 0.284 e. The van der Waals surface area contributed by atoms with Crippen LogP contribution >= 0.6 is 15.9 Å². The number of aromatic amines is 1. The van der Waals surface area contributed by atoms with E-state index in [9.17, 15) is 14.7 Å². The lowest BCUT2D eigenvalue weighted by atomic mass is 10.2. The molecule has 134 valence electrons. The van der Waals surface area contributed by atoms with Gasteiger partial charge in [-0.15, -0.1) is 10.2 Å². The van der Waals surface area contributed by atoms with Crippen molar-refractivity contribution in [1.29, 1.82) is 0 Å². The van der Waals surface area contributed by atoms with Gasteiger partial charge in [-0.3, -0.25) is 14.2 Å². The predicted molar refractivity (Wildman–Crippen MR) is 103 cm³/mol. The molecule has 2 aromatic carbocycles. The summed E-state index contributed by atoms with van der Waals surface area (Å²) in [6.07, 6.45) is 1.30. The second kappa shape index (κ2) is 6.76. The highest BCUT2D eigenvalue weighted by Gasteiger charge is 2.12. The fourth-order valence-corrected chi connectivity index (χ4v) is 3.10. The Balaban J connectivity index is 1.62. The van der Waals surface area contributed by atoms with Crippen molar-refractivity contribution < 1.29 is 9.90 Å². The topological polar surface area (TPSA) is 113 Å². The minimum atomic E-state index is -0.641. The summed E-state index contributed by atoms with van der Waals surface area (Å²) < 4.78 is 1.97. The number of azo groups is 1. The predicted octanol–water partition coefficient (Wildman–Crippen LogP) is 3.66. The van der Waals surface area contributed by atoms with Crippen molar-refractivity contribution in [3.8, 4) is 5.88 Å². The number of nitrogens with zero attached hydrogens (tertiary/aromatic N) is 4. The second-order valence-corrected chi connectivity index (χ2v) is 6.72. The normalized spacial score (nSPS) is 11.6. The zero-order valence-electron chi connectivity index (χ0n) is 13.8. The number of halogens is 1. The van der Waals surface area contributed by atoms with Gasteiger partial charge in [-0.1, -0.05) is 28.1 Å². The largest absolute Gasteiger partial charge is 0.493 e. The third-order valence-electron chi connectivity index (χ3n) is 4.01. The summed E-state index contributed by atoms with van der Waals surface area (Å²) in [5.74, 6) is -0.831. The van der Waals surface area contributed by atoms with Crippen molar-refractivity contribution in [3.63, 3.8) is 0 Å². The van der Waals surface area contributed by atoms with Gasteiger partial charge in [0.2, 0.25) is 5.88 Å². The number of carbonyl (C=O) groups excluding carboxylic acids is 1. The average molecular weight is 426 g/mol. The summed E-state index contributed by atoms with van der Waals surface area (Å²) in [6, 6.07) is 12.2. The van der Waals surface area contributed by atoms with E-state index in [1.54, 1.807) is 36.4 Å². The second-order valence-electron chi connectivity index (χ2n) is 5.80. The third kappa shape index (κ3) is 3.24. The van der Waals surface area contributed by atoms with E-state index in [2.05, 4.69) is 36.1 Å². The van der Waals surface area contributed by atoms with Crippen LogP contribution in [0.3, 0.4) is 0 Å². The van der Waals surface area contributed by atoms with Crippen molar-refractivity contribution in [2.75, 3.05) is 0 Å². The Morgan fingerprint density at radius 2 is 2.04 bits per heavy atom. The van der Waals surface area contributed by atoms with Crippen LogP contribution in [0.5, 0.6) is 5.88 Å². The maximum absolute atomic E-state index is 12.4. The van der Waals surface area contributed by atoms with Crippen LogP contribution < -0.4 is 5.56 Å². The highest BCUT2D eigenvalue weighted by molar-refractivity contribution is 9.10. The number of carbonyl (C=O) groups is 1. The van der Waals surface area contributed by atoms with Crippen LogP contribution in [-0.4, -0.2) is 25.5 Å². The zero-order valence-corrected chi connectivity index (χ0v) is 15.3. The number of amides is 1. The number of rotatable bonds is 3. The summed E-state index contributed by atoms with van der Waals surface area (Å²) in [5, 5.41) is 18.5. The smallest absolute Gasteiger partial charge is 0.284 e. The molecule has 9 heteroatoms. The molecule has 27 heavy (non-hydrogen) atoms. The van der Waals surface area contributed by atoms with Gasteiger partial charge in [-0.2, -0.15) is 0 Å². The summed E-state index contributed by atoms with van der Waals surface area (Å²) in [7, 11) is 0. The highest BCUT2D eigenvalue weighted by atomic mass is 79.9. The lowest BCUT2D eigenvalue weighted by Crippen LogP contribution is -2.23. The number of hydrogen-bond donors (Lipinski definition) is 2. The Bertz CT molecular complexity index is 1280. The van der Waals surface area contributed by atoms with E-state index in [0.717, 1.165) is 4.47 Å². The Morgan fingerprint density at radius 3 is 2.89 bits per heavy atom. The Labute approximate surface area is 160 Å². The van der Waals surface area contributed by atoms with Gasteiger partial charge in [-0.25, -0.2) is 4.98 Å². The van der Waals surface area contributed by atoms with Crippen LogP contribution in [0, 0.1) is 0 Å². The highest BCUT2D eigenvalue weighted by Crippen LogP contribution is 2.36. The van der Waals surface area contributed by atoms with Crippen molar-refractivity contribution in [2.45, 2.75) is 6.54 Å². The minimum Gasteiger partial charge on any atom is -0.493 e. The lowest BCUT2D eigenvalue weighted by molar-refractivity contribution is -0.118. The first-order chi connectivity index (χ1) is 13.0. The molecule has 0 fully saturated rings. The van der Waals surface area contributed by atoms with Crippen LogP contribution in [0.2, 0.25) is 0 Å². The number of aromatic hydroxyl groups is 1. The molecule has 0 atom stereocenters. The van der Waals surface area contributed by atoms with Gasteiger partial charge in [0.25, 0.3) is 11.5 Å². The van der Waals surface area contributed by atoms with Gasteiger partial charge in [0.15, 0.2) is 5.69 Å². The van der Waals surface area contributed by atoms with Crippen LogP contribution in [0.1, 0.15) is 0 Å². The minimum absolute atomic E-state index is 0.156. The quantitative estimate of drug-likeness (QED) is 0.487. The monoisotopic (exact) mass is 425 g/mol. The molecule has 1 amide bonds. The molecule has 0 aliphatic carbocycles. The molecule has 2 N–H and O–H groups in total. The van der Waals surface area contributed by atoms with Gasteiger partial charge in [0.05, 0.1) is 22.7 Å². The molecule has 0 aliphatic heterocycles. The molecule has 4 aromatic rings. The first kappa shape index (κ1) is 17.1. The van der Waals surface area contributed by atoms with E-state index in [-0.39, 0.29) is 23.7 Å². The number of aromatic nitrogens is 3. The van der Waals surface area contributed by atoms with Crippen LogP contribution in [-0.2, 0) is 11.3 Å². The molecule has 0 aliphatic rings. The number of H-pyrrole nitrogens is 1. The number of fused-ring (bicyclic) bond motifs is 2. The third-order valence-corrected chi connectivity index (χ3v) is 4.51. The Hall–Kier alpha value is -3.33. The molecule has 0 radical (unpaired) electrons. The molecule has 0 bridgehead atoms. The van der Waals surface area contributed by atoms with Gasteiger partial charge in [-0.05, 0) is 30.3 Å². The van der Waals surface area contributed by atoms with E-state index in [4.69, 9.17) is 0 Å². The van der Waals surface area contributed by atoms with Crippen LogP contribution in [0.25, 0.3) is 21.8 Å². The van der Waals surface area contributed by atoms with Crippen molar-refractivity contribution in [3.05, 3.63) is 63.6 Å². The number of para-hydroxylation sites is 1. The molecule has 0 saturated heterocycles. The summed E-state index contributed by atoms with van der Waals surface area (Å²) >= 11 is 3.35. The fraction of sp³-hybridized carbons (Fsp3) is 0.0556. The van der Waals surface area contributed by atoms with Gasteiger partial charge >= 0.3 is 0 Å².